The molecule has 3 rings (SSSR count). The minimum Gasteiger partial charge on any atom is -0.463 e. The molecule has 0 saturated carbocycles. The summed E-state index contributed by atoms with van der Waals surface area (Å²) in [6, 6.07) is 6.99. The first kappa shape index (κ1) is 19.9. The zero-order chi connectivity index (χ0) is 20.1. The standard InChI is InChI=1S/C19H22N4O4S/c1-4-13-15(17(24)26-5-2)14(21-18(25)20-13)10-28-19-23-22-16(27-19)12-9-7-6-8-11(12)3/h6-9,13H,4-5,10H2,1-3H3,(H2,20,21,25)/t13-/m1/s1. The number of hydrogen-bond acceptors (Lipinski definition) is 7. The van der Waals surface area contributed by atoms with E-state index in [1.54, 1.807) is 6.92 Å². The van der Waals surface area contributed by atoms with Crippen LogP contribution in [-0.4, -0.2) is 40.6 Å². The molecule has 0 saturated heterocycles. The molecule has 2 aromatic rings. The van der Waals surface area contributed by atoms with Gasteiger partial charge in [0.15, 0.2) is 0 Å². The number of ether oxygens (including phenoxy) is 1. The smallest absolute Gasteiger partial charge is 0.337 e. The van der Waals surface area contributed by atoms with Crippen LogP contribution in [0.1, 0.15) is 25.8 Å². The van der Waals surface area contributed by atoms with Gasteiger partial charge in [-0.05, 0) is 31.9 Å². The monoisotopic (exact) mass is 402 g/mol. The number of rotatable bonds is 7. The number of urea groups is 1. The van der Waals surface area contributed by atoms with Crippen molar-refractivity contribution >= 4 is 23.8 Å². The highest BCUT2D eigenvalue weighted by atomic mass is 32.2. The van der Waals surface area contributed by atoms with Gasteiger partial charge in [-0.2, -0.15) is 0 Å². The van der Waals surface area contributed by atoms with Crippen LogP contribution in [0.2, 0.25) is 0 Å². The molecule has 0 aliphatic carbocycles. The van der Waals surface area contributed by atoms with E-state index in [0.29, 0.717) is 34.6 Å². The summed E-state index contributed by atoms with van der Waals surface area (Å²) in [7, 11) is 0. The zero-order valence-electron chi connectivity index (χ0n) is 15.9. The van der Waals surface area contributed by atoms with Gasteiger partial charge in [-0.25, -0.2) is 9.59 Å². The van der Waals surface area contributed by atoms with E-state index < -0.39 is 12.0 Å². The number of thioether (sulfide) groups is 1. The normalized spacial score (nSPS) is 16.5. The molecule has 0 spiro atoms. The number of amides is 2. The fraction of sp³-hybridized carbons (Fsp3) is 0.368. The molecule has 0 bridgehead atoms. The number of aryl methyl sites for hydroxylation is 1. The number of carbonyl (C=O) groups excluding carboxylic acids is 2. The first-order chi connectivity index (χ1) is 13.5. The van der Waals surface area contributed by atoms with E-state index in [1.807, 2.05) is 38.1 Å². The van der Waals surface area contributed by atoms with Crippen molar-refractivity contribution in [1.29, 1.82) is 0 Å². The van der Waals surface area contributed by atoms with Gasteiger partial charge >= 0.3 is 12.0 Å². The summed E-state index contributed by atoms with van der Waals surface area (Å²) in [5.41, 5.74) is 2.82. The summed E-state index contributed by atoms with van der Waals surface area (Å²) in [5.74, 6) is 0.289. The summed E-state index contributed by atoms with van der Waals surface area (Å²) >= 11 is 1.25. The molecule has 9 heteroatoms. The maximum absolute atomic E-state index is 12.4. The van der Waals surface area contributed by atoms with Crippen molar-refractivity contribution < 1.29 is 18.7 Å². The fourth-order valence-electron chi connectivity index (χ4n) is 2.90. The van der Waals surface area contributed by atoms with Gasteiger partial charge in [0, 0.05) is 17.0 Å². The SMILES string of the molecule is CCOC(=O)C1=C(CSc2nnc(-c3ccccc3C)o2)NC(=O)N[C@@H]1CC. The van der Waals surface area contributed by atoms with Crippen LogP contribution in [0.15, 0.2) is 45.2 Å². The topological polar surface area (TPSA) is 106 Å². The van der Waals surface area contributed by atoms with Gasteiger partial charge in [-0.1, -0.05) is 36.9 Å². The van der Waals surface area contributed by atoms with E-state index in [0.717, 1.165) is 11.1 Å². The molecule has 0 radical (unpaired) electrons. The Morgan fingerprint density at radius 1 is 1.29 bits per heavy atom. The molecule has 28 heavy (non-hydrogen) atoms. The lowest BCUT2D eigenvalue weighted by Crippen LogP contribution is -2.50. The molecule has 2 N–H and O–H groups in total. The third-order valence-electron chi connectivity index (χ3n) is 4.27. The van der Waals surface area contributed by atoms with Crippen molar-refractivity contribution in [3.05, 3.63) is 41.1 Å². The van der Waals surface area contributed by atoms with Crippen LogP contribution in [-0.2, 0) is 9.53 Å². The Morgan fingerprint density at radius 2 is 2.07 bits per heavy atom. The van der Waals surface area contributed by atoms with E-state index in [4.69, 9.17) is 9.15 Å². The third kappa shape index (κ3) is 4.36. The Morgan fingerprint density at radius 3 is 2.79 bits per heavy atom. The predicted molar refractivity (Wildman–Crippen MR) is 105 cm³/mol. The van der Waals surface area contributed by atoms with Crippen molar-refractivity contribution in [2.45, 2.75) is 38.5 Å². The van der Waals surface area contributed by atoms with E-state index in [2.05, 4.69) is 20.8 Å². The molecule has 0 unspecified atom stereocenters. The number of aromatic nitrogens is 2. The van der Waals surface area contributed by atoms with Crippen LogP contribution < -0.4 is 10.6 Å². The van der Waals surface area contributed by atoms with Crippen LogP contribution >= 0.6 is 11.8 Å². The molecule has 1 aliphatic rings. The molecule has 8 nitrogen and oxygen atoms in total. The first-order valence-corrected chi connectivity index (χ1v) is 10.0. The van der Waals surface area contributed by atoms with E-state index >= 15 is 0 Å². The van der Waals surface area contributed by atoms with E-state index in [-0.39, 0.29) is 12.6 Å². The highest BCUT2D eigenvalue weighted by Crippen LogP contribution is 2.28. The van der Waals surface area contributed by atoms with Gasteiger partial charge in [-0.15, -0.1) is 10.2 Å². The van der Waals surface area contributed by atoms with E-state index in [1.165, 1.54) is 11.8 Å². The van der Waals surface area contributed by atoms with Crippen molar-refractivity contribution in [3.63, 3.8) is 0 Å². The second-order valence-corrected chi connectivity index (χ2v) is 7.08. The average molecular weight is 402 g/mol. The first-order valence-electron chi connectivity index (χ1n) is 9.03. The minimum atomic E-state index is -0.441. The summed E-state index contributed by atoms with van der Waals surface area (Å²) in [5, 5.41) is 14.0. The second-order valence-electron chi connectivity index (χ2n) is 6.15. The quantitative estimate of drug-likeness (QED) is 0.541. The minimum absolute atomic E-state index is 0.260. The van der Waals surface area contributed by atoms with Crippen molar-refractivity contribution in [3.8, 4) is 11.5 Å². The number of benzene rings is 1. The summed E-state index contributed by atoms with van der Waals surface area (Å²) in [4.78, 5) is 24.3. The molecule has 1 aliphatic heterocycles. The molecule has 2 heterocycles. The highest BCUT2D eigenvalue weighted by Gasteiger charge is 2.31. The van der Waals surface area contributed by atoms with Gasteiger partial charge in [-0.3, -0.25) is 0 Å². The number of esters is 1. The van der Waals surface area contributed by atoms with Gasteiger partial charge < -0.3 is 19.8 Å². The maximum Gasteiger partial charge on any atom is 0.337 e. The summed E-state index contributed by atoms with van der Waals surface area (Å²) in [6.07, 6.45) is 0.577. The highest BCUT2D eigenvalue weighted by molar-refractivity contribution is 7.99. The Balaban J connectivity index is 1.80. The predicted octanol–water partition coefficient (Wildman–Crippen LogP) is 3.05. The fourth-order valence-corrected chi connectivity index (χ4v) is 3.63. The molecule has 1 aromatic heterocycles. The number of hydrogen-bond donors (Lipinski definition) is 2. The van der Waals surface area contributed by atoms with Crippen molar-refractivity contribution in [1.82, 2.24) is 20.8 Å². The molecular weight excluding hydrogens is 380 g/mol. The Hall–Kier alpha value is -2.81. The number of nitrogens with zero attached hydrogens (tertiary/aromatic N) is 2. The van der Waals surface area contributed by atoms with Crippen LogP contribution in [0, 0.1) is 6.92 Å². The Bertz CT molecular complexity index is 909. The Kier molecular flexibility index (Phi) is 6.35. The van der Waals surface area contributed by atoms with Crippen LogP contribution in [0.5, 0.6) is 0 Å². The molecule has 1 atom stereocenters. The average Bonchev–Trinajstić information content (AvgIpc) is 3.15. The zero-order valence-corrected chi connectivity index (χ0v) is 16.8. The Labute approximate surface area is 167 Å². The lowest BCUT2D eigenvalue weighted by molar-refractivity contribution is -0.139. The largest absolute Gasteiger partial charge is 0.463 e. The number of carbonyl (C=O) groups is 2. The van der Waals surface area contributed by atoms with E-state index in [9.17, 15) is 9.59 Å². The van der Waals surface area contributed by atoms with Gasteiger partial charge in [0.2, 0.25) is 5.89 Å². The van der Waals surface area contributed by atoms with Crippen LogP contribution in [0.3, 0.4) is 0 Å². The van der Waals surface area contributed by atoms with Crippen molar-refractivity contribution in [2.24, 2.45) is 0 Å². The molecule has 1 aromatic carbocycles. The maximum atomic E-state index is 12.4. The summed E-state index contributed by atoms with van der Waals surface area (Å²) in [6.45, 7) is 5.87. The molecule has 148 valence electrons. The van der Waals surface area contributed by atoms with Crippen LogP contribution in [0.4, 0.5) is 4.79 Å². The van der Waals surface area contributed by atoms with Crippen molar-refractivity contribution in [2.75, 3.05) is 12.4 Å². The lowest BCUT2D eigenvalue weighted by Gasteiger charge is -2.28. The third-order valence-corrected chi connectivity index (χ3v) is 5.11. The van der Waals surface area contributed by atoms with Crippen LogP contribution in [0.25, 0.3) is 11.5 Å². The van der Waals surface area contributed by atoms with Gasteiger partial charge in [0.25, 0.3) is 5.22 Å². The molecule has 2 amide bonds. The summed E-state index contributed by atoms with van der Waals surface area (Å²) < 4.78 is 10.9. The molecular formula is C19H22N4O4S. The van der Waals surface area contributed by atoms with Gasteiger partial charge in [0.1, 0.15) is 0 Å². The number of nitrogens with one attached hydrogen (secondary N) is 2. The second kappa shape index (κ2) is 8.92. The lowest BCUT2D eigenvalue weighted by atomic mass is 10.0. The van der Waals surface area contributed by atoms with Gasteiger partial charge in [0.05, 0.1) is 18.2 Å². The molecule has 0 fully saturated rings.